The molecule has 0 spiro atoms. The summed E-state index contributed by atoms with van der Waals surface area (Å²) in [6.07, 6.45) is 0.888. The number of hydrogen-bond acceptors (Lipinski definition) is 3. The smallest absolute Gasteiger partial charge is 0.150 e. The van der Waals surface area contributed by atoms with Crippen LogP contribution >= 0.6 is 15.9 Å². The largest absolute Gasteiger partial charge is 0.379 e. The Kier molecular flexibility index (Phi) is 4.31. The molecule has 1 atom stereocenters. The lowest BCUT2D eigenvalue weighted by Gasteiger charge is -2.33. The lowest BCUT2D eigenvalue weighted by atomic mass is 10.1. The van der Waals surface area contributed by atoms with E-state index >= 15 is 0 Å². The van der Waals surface area contributed by atoms with Crippen molar-refractivity contribution in [2.45, 2.75) is 19.5 Å². The van der Waals surface area contributed by atoms with E-state index in [4.69, 9.17) is 4.74 Å². The highest BCUT2D eigenvalue weighted by Crippen LogP contribution is 2.21. The minimum atomic E-state index is 0.426. The molecule has 1 heterocycles. The Bertz CT molecular complexity index is 408. The molecule has 1 aliphatic heterocycles. The Balaban J connectivity index is 2.13. The molecule has 1 aliphatic rings. The van der Waals surface area contributed by atoms with Crippen LogP contribution in [0.25, 0.3) is 0 Å². The maximum Gasteiger partial charge on any atom is 0.150 e. The number of carbonyl (C=O) groups excluding carboxylic acids is 1. The van der Waals surface area contributed by atoms with Crippen LogP contribution in [0, 0.1) is 0 Å². The average Bonchev–Trinajstić information content (AvgIpc) is 2.35. The third kappa shape index (κ3) is 3.15. The molecule has 0 radical (unpaired) electrons. The van der Waals surface area contributed by atoms with Crippen LogP contribution in [0.5, 0.6) is 0 Å². The van der Waals surface area contributed by atoms with Crippen molar-refractivity contribution in [3.63, 3.8) is 0 Å². The van der Waals surface area contributed by atoms with Crippen molar-refractivity contribution < 1.29 is 9.53 Å². The molecule has 3 nitrogen and oxygen atoms in total. The number of halogens is 1. The minimum Gasteiger partial charge on any atom is -0.379 e. The fraction of sp³-hybridized carbons (Fsp3) is 0.462. The summed E-state index contributed by atoms with van der Waals surface area (Å²) in [5.41, 5.74) is 1.88. The molecule has 1 unspecified atom stereocenters. The zero-order valence-corrected chi connectivity index (χ0v) is 11.4. The summed E-state index contributed by atoms with van der Waals surface area (Å²) in [4.78, 5) is 13.2. The first kappa shape index (κ1) is 12.7. The number of benzene rings is 1. The molecular weight excluding hydrogens is 282 g/mol. The maximum absolute atomic E-state index is 10.8. The number of ether oxygens (including phenoxy) is 1. The second-order valence-corrected chi connectivity index (χ2v) is 5.22. The van der Waals surface area contributed by atoms with Crippen molar-refractivity contribution in [3.8, 4) is 0 Å². The van der Waals surface area contributed by atoms with Crippen LogP contribution in [-0.4, -0.2) is 37.0 Å². The third-order valence-electron chi connectivity index (χ3n) is 3.08. The zero-order chi connectivity index (χ0) is 12.3. The van der Waals surface area contributed by atoms with Gasteiger partial charge < -0.3 is 4.74 Å². The van der Waals surface area contributed by atoms with Crippen LogP contribution in [0.1, 0.15) is 22.8 Å². The molecule has 92 valence electrons. The third-order valence-corrected chi connectivity index (χ3v) is 3.86. The van der Waals surface area contributed by atoms with Crippen LogP contribution in [0.2, 0.25) is 0 Å². The predicted molar refractivity (Wildman–Crippen MR) is 70.2 cm³/mol. The summed E-state index contributed by atoms with van der Waals surface area (Å²) in [7, 11) is 0. The fourth-order valence-corrected chi connectivity index (χ4v) is 2.38. The highest BCUT2D eigenvalue weighted by atomic mass is 79.9. The summed E-state index contributed by atoms with van der Waals surface area (Å²) < 4.78 is 6.47. The molecular formula is C13H16BrNO2. The second kappa shape index (κ2) is 5.76. The van der Waals surface area contributed by atoms with Gasteiger partial charge in [-0.25, -0.2) is 0 Å². The van der Waals surface area contributed by atoms with E-state index < -0.39 is 0 Å². The highest BCUT2D eigenvalue weighted by Gasteiger charge is 2.19. The van der Waals surface area contributed by atoms with E-state index in [9.17, 15) is 4.79 Å². The number of hydrogen-bond donors (Lipinski definition) is 0. The summed E-state index contributed by atoms with van der Waals surface area (Å²) in [6.45, 7) is 5.53. The Morgan fingerprint density at radius 3 is 3.12 bits per heavy atom. The molecule has 1 saturated heterocycles. The molecule has 0 bridgehead atoms. The molecule has 2 rings (SSSR count). The lowest BCUT2D eigenvalue weighted by molar-refractivity contribution is -0.00446. The fourth-order valence-electron chi connectivity index (χ4n) is 2.00. The van der Waals surface area contributed by atoms with Crippen molar-refractivity contribution >= 4 is 22.2 Å². The molecule has 1 aromatic carbocycles. The maximum atomic E-state index is 10.8. The number of rotatable bonds is 3. The Labute approximate surface area is 110 Å². The van der Waals surface area contributed by atoms with Crippen molar-refractivity contribution in [1.82, 2.24) is 4.90 Å². The minimum absolute atomic E-state index is 0.426. The van der Waals surface area contributed by atoms with Gasteiger partial charge in [-0.15, -0.1) is 0 Å². The van der Waals surface area contributed by atoms with E-state index in [1.165, 1.54) is 0 Å². The van der Waals surface area contributed by atoms with Crippen LogP contribution in [0.15, 0.2) is 22.7 Å². The van der Waals surface area contributed by atoms with Crippen molar-refractivity contribution in [3.05, 3.63) is 33.8 Å². The van der Waals surface area contributed by atoms with Gasteiger partial charge in [-0.2, -0.15) is 0 Å². The molecule has 1 aromatic rings. The van der Waals surface area contributed by atoms with E-state index in [-0.39, 0.29) is 0 Å². The SMILES string of the molecule is CC1COCCN1Cc1cc(C=O)ccc1Br. The van der Waals surface area contributed by atoms with Gasteiger partial charge in [0.2, 0.25) is 0 Å². The Morgan fingerprint density at radius 1 is 1.59 bits per heavy atom. The van der Waals surface area contributed by atoms with Crippen LogP contribution < -0.4 is 0 Å². The summed E-state index contributed by atoms with van der Waals surface area (Å²) in [5, 5.41) is 0. The molecule has 1 fully saturated rings. The molecule has 0 aliphatic carbocycles. The normalized spacial score (nSPS) is 21.4. The number of carbonyl (C=O) groups is 1. The standard InChI is InChI=1S/C13H16BrNO2/c1-10-9-17-5-4-15(10)7-12-6-11(8-16)2-3-13(12)14/h2-3,6,8,10H,4-5,7,9H2,1H3. The summed E-state index contributed by atoms with van der Waals surface area (Å²) in [5.74, 6) is 0. The Morgan fingerprint density at radius 2 is 2.41 bits per heavy atom. The molecule has 4 heteroatoms. The first-order chi connectivity index (χ1) is 8.20. The van der Waals surface area contributed by atoms with E-state index in [1.54, 1.807) is 0 Å². The molecule has 17 heavy (non-hydrogen) atoms. The van der Waals surface area contributed by atoms with Gasteiger partial charge in [-0.1, -0.05) is 22.0 Å². The summed E-state index contributed by atoms with van der Waals surface area (Å²) >= 11 is 3.53. The number of morpholine rings is 1. The van der Waals surface area contributed by atoms with Gasteiger partial charge in [0.15, 0.2) is 0 Å². The van der Waals surface area contributed by atoms with Crippen LogP contribution in [-0.2, 0) is 11.3 Å². The highest BCUT2D eigenvalue weighted by molar-refractivity contribution is 9.10. The molecule has 0 saturated carbocycles. The van der Waals surface area contributed by atoms with Gasteiger partial charge in [0.1, 0.15) is 6.29 Å². The monoisotopic (exact) mass is 297 g/mol. The molecule has 0 N–H and O–H groups in total. The first-order valence-electron chi connectivity index (χ1n) is 5.76. The predicted octanol–water partition coefficient (Wildman–Crippen LogP) is 2.48. The van der Waals surface area contributed by atoms with Gasteiger partial charge in [-0.05, 0) is 24.6 Å². The molecule has 0 amide bonds. The van der Waals surface area contributed by atoms with E-state index in [0.29, 0.717) is 6.04 Å². The second-order valence-electron chi connectivity index (χ2n) is 4.36. The van der Waals surface area contributed by atoms with Gasteiger partial charge in [0.25, 0.3) is 0 Å². The van der Waals surface area contributed by atoms with Gasteiger partial charge in [0, 0.05) is 29.2 Å². The zero-order valence-electron chi connectivity index (χ0n) is 9.86. The van der Waals surface area contributed by atoms with Crippen molar-refractivity contribution in [1.29, 1.82) is 0 Å². The Hall–Kier alpha value is -0.710. The van der Waals surface area contributed by atoms with Gasteiger partial charge >= 0.3 is 0 Å². The van der Waals surface area contributed by atoms with Crippen molar-refractivity contribution in [2.24, 2.45) is 0 Å². The average molecular weight is 298 g/mol. The number of nitrogens with zero attached hydrogens (tertiary/aromatic N) is 1. The van der Waals surface area contributed by atoms with E-state index in [0.717, 1.165) is 48.2 Å². The summed E-state index contributed by atoms with van der Waals surface area (Å²) in [6, 6.07) is 6.13. The first-order valence-corrected chi connectivity index (χ1v) is 6.55. The van der Waals surface area contributed by atoms with Crippen LogP contribution in [0.3, 0.4) is 0 Å². The topological polar surface area (TPSA) is 29.5 Å². The van der Waals surface area contributed by atoms with Crippen LogP contribution in [0.4, 0.5) is 0 Å². The quantitative estimate of drug-likeness (QED) is 0.803. The van der Waals surface area contributed by atoms with Gasteiger partial charge in [-0.3, -0.25) is 9.69 Å². The van der Waals surface area contributed by atoms with Gasteiger partial charge in [0.05, 0.1) is 13.2 Å². The molecule has 0 aromatic heterocycles. The van der Waals surface area contributed by atoms with E-state index in [1.807, 2.05) is 18.2 Å². The van der Waals surface area contributed by atoms with E-state index in [2.05, 4.69) is 27.8 Å². The number of aldehydes is 1. The lowest BCUT2D eigenvalue weighted by Crippen LogP contribution is -2.42. The van der Waals surface area contributed by atoms with Crippen molar-refractivity contribution in [2.75, 3.05) is 19.8 Å².